The number of rotatable bonds is 4. The Hall–Kier alpha value is -3.12. The molecular weight excluding hydrogens is 632 g/mol. The molecule has 292 valence electrons. The van der Waals surface area contributed by atoms with Gasteiger partial charge in [-0.05, 0) is 46.3 Å². The number of nitrogens with zero attached hydrogens (tertiary/aromatic N) is 8. The molecule has 4 rings (SSSR count). The number of amides is 4. The second-order valence-electron chi connectivity index (χ2n) is 13.0. The summed E-state index contributed by atoms with van der Waals surface area (Å²) in [4.78, 5) is 60.9. The monoisotopic (exact) mass is 709 g/mol. The van der Waals surface area contributed by atoms with Gasteiger partial charge in [-0.2, -0.15) is 0 Å². The van der Waals surface area contributed by atoms with Gasteiger partial charge in [0.15, 0.2) is 0 Å². The van der Waals surface area contributed by atoms with E-state index in [1.165, 1.54) is 25.3 Å². The molecule has 0 aromatic heterocycles. The van der Waals surface area contributed by atoms with Crippen LogP contribution in [0.4, 0.5) is 0 Å². The van der Waals surface area contributed by atoms with Gasteiger partial charge < -0.3 is 39.2 Å². The highest BCUT2D eigenvalue weighted by Gasteiger charge is 2.19. The van der Waals surface area contributed by atoms with Crippen LogP contribution in [0, 0.1) is 0 Å². The van der Waals surface area contributed by atoms with Gasteiger partial charge in [-0.25, -0.2) is 0 Å². The molecule has 50 heavy (non-hydrogen) atoms. The Morgan fingerprint density at radius 2 is 0.600 bits per heavy atom. The van der Waals surface area contributed by atoms with Gasteiger partial charge in [-0.3, -0.25) is 19.2 Å². The first-order valence-electron chi connectivity index (χ1n) is 18.0. The van der Waals surface area contributed by atoms with Crippen molar-refractivity contribution >= 4 is 23.6 Å². The van der Waals surface area contributed by atoms with Crippen LogP contribution in [-0.4, -0.2) is 181 Å². The van der Waals surface area contributed by atoms with Crippen LogP contribution < -0.4 is 0 Å². The van der Waals surface area contributed by atoms with Crippen LogP contribution >= 0.6 is 0 Å². The number of carbonyl (C=O) groups excluding carboxylic acids is 4. The third-order valence-electron chi connectivity index (χ3n) is 9.49. The van der Waals surface area contributed by atoms with E-state index in [1.54, 1.807) is 37.5 Å². The van der Waals surface area contributed by atoms with Crippen molar-refractivity contribution in [1.82, 2.24) is 39.2 Å². The quantitative estimate of drug-likeness (QED) is 0.436. The molecule has 4 saturated heterocycles. The van der Waals surface area contributed by atoms with Crippen LogP contribution in [0.15, 0.2) is 24.6 Å². The Labute approximate surface area is 307 Å². The van der Waals surface area contributed by atoms with Crippen LogP contribution in [0.5, 0.6) is 0 Å². The SMILES string of the molecule is C.C.C=C(C)N1CCN(C(C)=O)CC1.C=C(C)N1CCN(CC)CC1.CC(=O)N1CCCN(C(C)=O)CC1.CCN1CCCN(C(C)=O)CC1. The van der Waals surface area contributed by atoms with E-state index in [-0.39, 0.29) is 38.5 Å². The van der Waals surface area contributed by atoms with Crippen LogP contribution in [-0.2, 0) is 19.2 Å². The number of carbonyl (C=O) groups is 4. The molecule has 4 amide bonds. The van der Waals surface area contributed by atoms with Gasteiger partial charge in [0, 0.05) is 137 Å². The number of hydrogen-bond donors (Lipinski definition) is 0. The van der Waals surface area contributed by atoms with E-state index in [0.29, 0.717) is 13.1 Å². The summed E-state index contributed by atoms with van der Waals surface area (Å²) in [6, 6.07) is 0. The molecule has 0 spiro atoms. The summed E-state index contributed by atoms with van der Waals surface area (Å²) in [5.74, 6) is 0.597. The molecule has 0 N–H and O–H groups in total. The Balaban J connectivity index is 0. The summed E-state index contributed by atoms with van der Waals surface area (Å²) in [5.41, 5.74) is 2.30. The van der Waals surface area contributed by atoms with Gasteiger partial charge in [0.05, 0.1) is 0 Å². The maximum Gasteiger partial charge on any atom is 0.219 e. The minimum Gasteiger partial charge on any atom is -0.373 e. The van der Waals surface area contributed by atoms with Gasteiger partial charge in [0.2, 0.25) is 23.6 Å². The van der Waals surface area contributed by atoms with Crippen molar-refractivity contribution in [2.75, 3.05) is 118 Å². The van der Waals surface area contributed by atoms with E-state index >= 15 is 0 Å². The van der Waals surface area contributed by atoms with E-state index < -0.39 is 0 Å². The number of likely N-dealkylation sites (N-methyl/N-ethyl adjacent to an activating group) is 2. The van der Waals surface area contributed by atoms with Crippen LogP contribution in [0.25, 0.3) is 0 Å². The summed E-state index contributed by atoms with van der Waals surface area (Å²) in [6.07, 6.45) is 2.01. The first-order chi connectivity index (χ1) is 22.7. The highest BCUT2D eigenvalue weighted by atomic mass is 16.2. The smallest absolute Gasteiger partial charge is 0.219 e. The van der Waals surface area contributed by atoms with Crippen molar-refractivity contribution < 1.29 is 19.2 Å². The van der Waals surface area contributed by atoms with Gasteiger partial charge in [-0.15, -0.1) is 0 Å². The highest BCUT2D eigenvalue weighted by Crippen LogP contribution is 2.08. The van der Waals surface area contributed by atoms with Crippen molar-refractivity contribution in [1.29, 1.82) is 0 Å². The lowest BCUT2D eigenvalue weighted by atomic mass is 10.3. The van der Waals surface area contributed by atoms with Crippen molar-refractivity contribution in [3.05, 3.63) is 24.6 Å². The zero-order valence-corrected chi connectivity index (χ0v) is 31.8. The number of hydrogen-bond acceptors (Lipinski definition) is 8. The van der Waals surface area contributed by atoms with Crippen LogP contribution in [0.2, 0.25) is 0 Å². The van der Waals surface area contributed by atoms with E-state index in [1.807, 2.05) is 16.7 Å². The fourth-order valence-electron chi connectivity index (χ4n) is 6.00. The lowest BCUT2D eigenvalue weighted by Crippen LogP contribution is -2.47. The molecule has 0 saturated carbocycles. The largest absolute Gasteiger partial charge is 0.373 e. The Bertz CT molecular complexity index is 978. The maximum atomic E-state index is 11.1. The van der Waals surface area contributed by atoms with Crippen LogP contribution in [0.3, 0.4) is 0 Å². The zero-order valence-electron chi connectivity index (χ0n) is 31.8. The Kier molecular flexibility index (Phi) is 26.1. The third kappa shape index (κ3) is 19.3. The molecule has 0 aromatic carbocycles. The van der Waals surface area contributed by atoms with E-state index in [0.717, 1.165) is 104 Å². The lowest BCUT2D eigenvalue weighted by molar-refractivity contribution is -0.131. The van der Waals surface area contributed by atoms with Gasteiger partial charge in [0.25, 0.3) is 0 Å². The molecular formula is C38H76N8O4. The van der Waals surface area contributed by atoms with Crippen molar-refractivity contribution in [3.8, 4) is 0 Å². The normalized spacial score (nSPS) is 18.5. The van der Waals surface area contributed by atoms with E-state index in [9.17, 15) is 19.2 Å². The fourth-order valence-corrected chi connectivity index (χ4v) is 6.00. The first kappa shape index (κ1) is 49.0. The molecule has 0 radical (unpaired) electrons. The standard InChI is InChI=1S/C9H16N2O2.C9H16N2O.C9H18N2O.C9H18N2.2CH4/c1-8(12)10-4-3-5-11(7-6-10)9(2)13;1-8(2)10-4-6-11(7-5-10)9(3)12;1-3-10-5-4-6-11(8-7-10)9(2)12;1-4-10-5-7-11(8-6-10)9(2)3;;/h3-7H2,1-2H3;1,4-7H2,2-3H3;3-8H2,1-2H3;2,4-8H2,1,3H3;2*1H4. The predicted octanol–water partition coefficient (Wildman–Crippen LogP) is 3.76. The molecule has 0 unspecified atom stereocenters. The van der Waals surface area contributed by atoms with Gasteiger partial charge >= 0.3 is 0 Å². The summed E-state index contributed by atoms with van der Waals surface area (Å²) in [6.45, 7) is 40.1. The fraction of sp³-hybridized carbons (Fsp3) is 0.789. The molecule has 4 fully saturated rings. The summed E-state index contributed by atoms with van der Waals surface area (Å²) >= 11 is 0. The van der Waals surface area contributed by atoms with Crippen molar-refractivity contribution in [2.45, 2.75) is 83.1 Å². The highest BCUT2D eigenvalue weighted by molar-refractivity contribution is 5.75. The zero-order chi connectivity index (χ0) is 36.2. The molecule has 4 aliphatic heterocycles. The molecule has 0 aromatic rings. The molecule has 0 aliphatic carbocycles. The van der Waals surface area contributed by atoms with Crippen molar-refractivity contribution in [2.24, 2.45) is 0 Å². The predicted molar refractivity (Wildman–Crippen MR) is 209 cm³/mol. The average molecular weight is 709 g/mol. The average Bonchev–Trinajstić information content (AvgIpc) is 3.48. The molecule has 12 heteroatoms. The maximum absolute atomic E-state index is 11.1. The summed E-state index contributed by atoms with van der Waals surface area (Å²) in [5, 5.41) is 0. The minimum atomic E-state index is 0. The topological polar surface area (TPSA) is 94.2 Å². The first-order valence-corrected chi connectivity index (χ1v) is 18.0. The molecule has 4 heterocycles. The molecule has 0 bridgehead atoms. The van der Waals surface area contributed by atoms with E-state index in [2.05, 4.69) is 53.5 Å². The van der Waals surface area contributed by atoms with Crippen LogP contribution in [0.1, 0.15) is 83.1 Å². The number of piperazine rings is 2. The summed E-state index contributed by atoms with van der Waals surface area (Å²) < 4.78 is 0. The van der Waals surface area contributed by atoms with Crippen molar-refractivity contribution in [3.63, 3.8) is 0 Å². The van der Waals surface area contributed by atoms with E-state index in [4.69, 9.17) is 0 Å². The lowest BCUT2D eigenvalue weighted by Gasteiger charge is -2.35. The second-order valence-corrected chi connectivity index (χ2v) is 13.0. The minimum absolute atomic E-state index is 0. The van der Waals surface area contributed by atoms with Gasteiger partial charge in [-0.1, -0.05) is 41.9 Å². The number of allylic oxidation sites excluding steroid dienone is 2. The molecule has 0 atom stereocenters. The molecule has 4 aliphatic rings. The third-order valence-corrected chi connectivity index (χ3v) is 9.49. The molecule has 12 nitrogen and oxygen atoms in total. The summed E-state index contributed by atoms with van der Waals surface area (Å²) in [7, 11) is 0. The Morgan fingerprint density at radius 3 is 0.880 bits per heavy atom. The van der Waals surface area contributed by atoms with Gasteiger partial charge in [0.1, 0.15) is 0 Å². The second kappa shape index (κ2) is 26.7. The Morgan fingerprint density at radius 1 is 0.380 bits per heavy atom.